The van der Waals surface area contributed by atoms with E-state index in [0.29, 0.717) is 26.3 Å². The number of pyridine rings is 1. The van der Waals surface area contributed by atoms with E-state index in [1.54, 1.807) is 0 Å². The highest BCUT2D eigenvalue weighted by atomic mass is 32.2. The minimum Gasteiger partial charge on any atom is -0.378 e. The van der Waals surface area contributed by atoms with Gasteiger partial charge in [0.05, 0.1) is 23.8 Å². The maximum absolute atomic E-state index is 13.2. The van der Waals surface area contributed by atoms with Crippen LogP contribution in [0.15, 0.2) is 71.8 Å². The number of thioether (sulfide) groups is 1. The van der Waals surface area contributed by atoms with Crippen LogP contribution in [0.1, 0.15) is 10.8 Å². The summed E-state index contributed by atoms with van der Waals surface area (Å²) >= 11 is 1.52. The quantitative estimate of drug-likeness (QED) is 0.658. The molecule has 2 heterocycles. The molecule has 0 saturated carbocycles. The van der Waals surface area contributed by atoms with E-state index in [4.69, 9.17) is 9.72 Å². The van der Waals surface area contributed by atoms with Gasteiger partial charge in [-0.05, 0) is 17.7 Å². The summed E-state index contributed by atoms with van der Waals surface area (Å²) in [5.41, 5.74) is 1.95. The van der Waals surface area contributed by atoms with Crippen molar-refractivity contribution in [1.82, 2.24) is 9.88 Å². The van der Waals surface area contributed by atoms with Crippen LogP contribution in [0.5, 0.6) is 0 Å². The smallest absolute Gasteiger partial charge is 0.240 e. The second-order valence-corrected chi connectivity index (χ2v) is 7.31. The molecule has 0 bridgehead atoms. The Labute approximate surface area is 157 Å². The number of benzene rings is 2. The van der Waals surface area contributed by atoms with Crippen molar-refractivity contribution in [2.24, 2.45) is 0 Å². The van der Waals surface area contributed by atoms with E-state index in [1.165, 1.54) is 11.8 Å². The van der Waals surface area contributed by atoms with Crippen LogP contribution in [0.4, 0.5) is 0 Å². The first-order chi connectivity index (χ1) is 12.8. The number of aromatic nitrogens is 1. The van der Waals surface area contributed by atoms with Crippen LogP contribution >= 0.6 is 11.8 Å². The van der Waals surface area contributed by atoms with Gasteiger partial charge in [-0.25, -0.2) is 4.98 Å². The molecular weight excluding hydrogens is 344 g/mol. The normalized spacial score (nSPS) is 15.8. The van der Waals surface area contributed by atoms with E-state index in [9.17, 15) is 4.79 Å². The fraction of sp³-hybridized carbons (Fsp3) is 0.238. The monoisotopic (exact) mass is 364 g/mol. The molecule has 1 fully saturated rings. The highest BCUT2D eigenvalue weighted by Gasteiger charge is 2.28. The molecule has 0 radical (unpaired) electrons. The number of carbonyl (C=O) groups is 1. The number of hydrogen-bond donors (Lipinski definition) is 0. The summed E-state index contributed by atoms with van der Waals surface area (Å²) in [4.78, 5) is 19.8. The third kappa shape index (κ3) is 3.74. The maximum Gasteiger partial charge on any atom is 0.240 e. The summed E-state index contributed by atoms with van der Waals surface area (Å²) in [5, 5.41) is 1.66. The van der Waals surface area contributed by atoms with E-state index in [0.717, 1.165) is 21.5 Å². The molecule has 4 nitrogen and oxygen atoms in total. The number of morpholine rings is 1. The highest BCUT2D eigenvalue weighted by Crippen LogP contribution is 2.36. The first-order valence-corrected chi connectivity index (χ1v) is 9.63. The predicted molar refractivity (Wildman–Crippen MR) is 104 cm³/mol. The second kappa shape index (κ2) is 7.89. The standard InChI is InChI=1S/C21H20N2O2S/c24-21(23-12-14-25-15-13-23)20(17-7-2-1-3-8-17)26-19-11-10-16-6-4-5-9-18(16)22-19/h1-11,20H,12-15H2/t20-/m0/s1. The lowest BCUT2D eigenvalue weighted by molar-refractivity contribution is -0.134. The van der Waals surface area contributed by atoms with Crippen molar-refractivity contribution >= 4 is 28.6 Å². The largest absolute Gasteiger partial charge is 0.378 e. The molecule has 0 unspecified atom stereocenters. The number of ether oxygens (including phenoxy) is 1. The van der Waals surface area contributed by atoms with Crippen LogP contribution in [0.2, 0.25) is 0 Å². The average molecular weight is 364 g/mol. The van der Waals surface area contributed by atoms with Crippen LogP contribution in [0.25, 0.3) is 10.9 Å². The van der Waals surface area contributed by atoms with Gasteiger partial charge in [0.25, 0.3) is 0 Å². The van der Waals surface area contributed by atoms with E-state index in [1.807, 2.05) is 65.6 Å². The Hall–Kier alpha value is -2.37. The van der Waals surface area contributed by atoms with Gasteiger partial charge < -0.3 is 9.64 Å². The molecule has 1 saturated heterocycles. The van der Waals surface area contributed by atoms with Gasteiger partial charge in [0.15, 0.2) is 0 Å². The predicted octanol–water partition coefficient (Wildman–Crippen LogP) is 3.93. The van der Waals surface area contributed by atoms with E-state index < -0.39 is 0 Å². The van der Waals surface area contributed by atoms with Crippen LogP contribution < -0.4 is 0 Å². The Morgan fingerprint density at radius 1 is 0.962 bits per heavy atom. The van der Waals surface area contributed by atoms with Crippen molar-refractivity contribution in [2.45, 2.75) is 10.3 Å². The topological polar surface area (TPSA) is 42.4 Å². The van der Waals surface area contributed by atoms with Gasteiger partial charge in [0.1, 0.15) is 5.25 Å². The van der Waals surface area contributed by atoms with Crippen LogP contribution in [0, 0.1) is 0 Å². The Balaban J connectivity index is 1.64. The number of fused-ring (bicyclic) bond motifs is 1. The SMILES string of the molecule is O=C([C@@H](Sc1ccc2ccccc2n1)c1ccccc1)N1CCOCC1. The van der Waals surface area contributed by atoms with Crippen molar-refractivity contribution < 1.29 is 9.53 Å². The summed E-state index contributed by atoms with van der Waals surface area (Å²) in [6, 6.07) is 22.0. The fourth-order valence-corrected chi connectivity index (χ4v) is 4.15. The van der Waals surface area contributed by atoms with Gasteiger partial charge in [-0.1, -0.05) is 66.4 Å². The van der Waals surface area contributed by atoms with Gasteiger partial charge >= 0.3 is 0 Å². The van der Waals surface area contributed by atoms with Crippen LogP contribution in [-0.2, 0) is 9.53 Å². The van der Waals surface area contributed by atoms with Gasteiger partial charge in [-0.3, -0.25) is 4.79 Å². The molecule has 132 valence electrons. The van der Waals surface area contributed by atoms with Gasteiger partial charge in [0.2, 0.25) is 5.91 Å². The molecule has 1 amide bonds. The molecule has 2 aromatic carbocycles. The number of para-hydroxylation sites is 1. The summed E-state index contributed by atoms with van der Waals surface area (Å²) in [6.45, 7) is 2.50. The Bertz CT molecular complexity index is 895. The number of amides is 1. The van der Waals surface area contributed by atoms with Crippen molar-refractivity contribution in [3.63, 3.8) is 0 Å². The lowest BCUT2D eigenvalue weighted by Crippen LogP contribution is -2.42. The van der Waals surface area contributed by atoms with Crippen LogP contribution in [-0.4, -0.2) is 42.1 Å². The molecule has 0 N–H and O–H groups in total. The lowest BCUT2D eigenvalue weighted by Gasteiger charge is -2.30. The van der Waals surface area contributed by atoms with E-state index in [-0.39, 0.29) is 11.2 Å². The van der Waals surface area contributed by atoms with E-state index >= 15 is 0 Å². The summed E-state index contributed by atoms with van der Waals surface area (Å²) in [6.07, 6.45) is 0. The molecule has 26 heavy (non-hydrogen) atoms. The number of rotatable bonds is 4. The van der Waals surface area contributed by atoms with Gasteiger partial charge in [-0.15, -0.1) is 0 Å². The minimum absolute atomic E-state index is 0.124. The molecule has 1 aliphatic heterocycles. The lowest BCUT2D eigenvalue weighted by atomic mass is 10.1. The van der Waals surface area contributed by atoms with Crippen molar-refractivity contribution in [3.8, 4) is 0 Å². The molecule has 1 aliphatic rings. The Morgan fingerprint density at radius 3 is 2.50 bits per heavy atom. The van der Waals surface area contributed by atoms with Gasteiger partial charge in [-0.2, -0.15) is 0 Å². The first-order valence-electron chi connectivity index (χ1n) is 8.75. The molecule has 1 aromatic heterocycles. The Morgan fingerprint density at radius 2 is 1.69 bits per heavy atom. The maximum atomic E-state index is 13.2. The molecule has 3 aromatic rings. The summed E-state index contributed by atoms with van der Waals surface area (Å²) in [5.74, 6) is 0.124. The first kappa shape index (κ1) is 17.1. The fourth-order valence-electron chi connectivity index (χ4n) is 3.07. The average Bonchev–Trinajstić information content (AvgIpc) is 2.73. The molecule has 0 spiro atoms. The molecule has 5 heteroatoms. The van der Waals surface area contributed by atoms with Crippen molar-refractivity contribution in [1.29, 1.82) is 0 Å². The number of carbonyl (C=O) groups excluding carboxylic acids is 1. The van der Waals surface area contributed by atoms with Crippen molar-refractivity contribution in [3.05, 3.63) is 72.3 Å². The van der Waals surface area contributed by atoms with Crippen molar-refractivity contribution in [2.75, 3.05) is 26.3 Å². The van der Waals surface area contributed by atoms with Crippen LogP contribution in [0.3, 0.4) is 0 Å². The minimum atomic E-state index is -0.303. The molecule has 1 atom stereocenters. The molecule has 0 aliphatic carbocycles. The third-order valence-corrected chi connectivity index (χ3v) is 5.64. The third-order valence-electron chi connectivity index (χ3n) is 4.46. The number of hydrogen-bond acceptors (Lipinski definition) is 4. The highest BCUT2D eigenvalue weighted by molar-refractivity contribution is 8.00. The molecular formula is C21H20N2O2S. The zero-order valence-corrected chi connectivity index (χ0v) is 15.2. The zero-order valence-electron chi connectivity index (χ0n) is 14.4. The summed E-state index contributed by atoms with van der Waals surface area (Å²) in [7, 11) is 0. The summed E-state index contributed by atoms with van der Waals surface area (Å²) < 4.78 is 5.39. The second-order valence-electron chi connectivity index (χ2n) is 6.19. The Kier molecular flexibility index (Phi) is 5.18. The van der Waals surface area contributed by atoms with Gasteiger partial charge in [0, 0.05) is 18.5 Å². The molecule has 4 rings (SSSR count). The van der Waals surface area contributed by atoms with E-state index in [2.05, 4.69) is 6.07 Å². The number of nitrogens with zero attached hydrogens (tertiary/aromatic N) is 2. The zero-order chi connectivity index (χ0) is 17.8.